The van der Waals surface area contributed by atoms with E-state index < -0.39 is 6.09 Å². The van der Waals surface area contributed by atoms with Gasteiger partial charge in [-0.25, -0.2) is 14.8 Å². The van der Waals surface area contributed by atoms with Crippen molar-refractivity contribution >= 4 is 33.7 Å². The fourth-order valence-corrected chi connectivity index (χ4v) is 2.47. The van der Waals surface area contributed by atoms with Crippen LogP contribution in [-0.2, 0) is 9.57 Å². The van der Waals surface area contributed by atoms with Gasteiger partial charge in [-0.15, -0.1) is 0 Å². The van der Waals surface area contributed by atoms with E-state index in [1.165, 1.54) is 4.90 Å². The first-order chi connectivity index (χ1) is 11.1. The van der Waals surface area contributed by atoms with E-state index in [0.717, 1.165) is 10.2 Å². The van der Waals surface area contributed by atoms with Gasteiger partial charge in [-0.2, -0.15) is 0 Å². The molecule has 9 nitrogen and oxygen atoms in total. The summed E-state index contributed by atoms with van der Waals surface area (Å²) >= 11 is 3.29. The normalized spacial score (nSPS) is 20.9. The van der Waals surface area contributed by atoms with Crippen LogP contribution in [0.5, 0.6) is 0 Å². The molecule has 0 spiro atoms. The Kier molecular flexibility index (Phi) is 4.91. The Bertz CT molecular complexity index is 589. The highest BCUT2D eigenvalue weighted by atomic mass is 79.9. The van der Waals surface area contributed by atoms with Crippen LogP contribution in [-0.4, -0.2) is 77.3 Å². The number of halogens is 1. The summed E-state index contributed by atoms with van der Waals surface area (Å²) in [5.74, 6) is 0.653. The van der Waals surface area contributed by atoms with Gasteiger partial charge in [-0.05, 0) is 15.9 Å². The van der Waals surface area contributed by atoms with Crippen molar-refractivity contribution in [2.24, 2.45) is 5.16 Å². The molecule has 0 saturated carbocycles. The minimum absolute atomic E-state index is 0.238. The first-order valence-electron chi connectivity index (χ1n) is 7.11. The molecule has 1 aromatic heterocycles. The molecule has 0 bridgehead atoms. The zero-order valence-electron chi connectivity index (χ0n) is 12.3. The van der Waals surface area contributed by atoms with Crippen LogP contribution in [0.4, 0.5) is 10.7 Å². The SMILES string of the molecule is O=C(O)N1CCOC(CON=C2CN(c3ncc(Br)cn3)C2)C1. The Morgan fingerprint density at radius 1 is 1.48 bits per heavy atom. The predicted octanol–water partition coefficient (Wildman–Crippen LogP) is 0.810. The first kappa shape index (κ1) is 15.9. The Labute approximate surface area is 141 Å². The van der Waals surface area contributed by atoms with Crippen LogP contribution >= 0.6 is 15.9 Å². The number of oxime groups is 1. The highest BCUT2D eigenvalue weighted by Gasteiger charge is 2.26. The number of morpholine rings is 1. The molecule has 2 aliphatic heterocycles. The van der Waals surface area contributed by atoms with Crippen molar-refractivity contribution in [2.45, 2.75) is 6.10 Å². The molecule has 2 aliphatic rings. The van der Waals surface area contributed by atoms with Gasteiger partial charge in [0, 0.05) is 18.9 Å². The average Bonchev–Trinajstić information content (AvgIpc) is 2.51. The summed E-state index contributed by atoms with van der Waals surface area (Å²) in [5, 5.41) is 13.0. The van der Waals surface area contributed by atoms with Gasteiger partial charge in [0.1, 0.15) is 12.7 Å². The molecule has 0 radical (unpaired) electrons. The van der Waals surface area contributed by atoms with Crippen molar-refractivity contribution in [3.8, 4) is 0 Å². The second-order valence-corrected chi connectivity index (χ2v) is 6.15. The van der Waals surface area contributed by atoms with Gasteiger partial charge in [0.15, 0.2) is 0 Å². The molecule has 1 aromatic rings. The van der Waals surface area contributed by atoms with E-state index in [4.69, 9.17) is 14.7 Å². The Morgan fingerprint density at radius 2 is 2.22 bits per heavy atom. The lowest BCUT2D eigenvalue weighted by atomic mass is 10.2. The number of nitrogens with zero attached hydrogens (tertiary/aromatic N) is 5. The van der Waals surface area contributed by atoms with Crippen LogP contribution in [0.3, 0.4) is 0 Å². The van der Waals surface area contributed by atoms with Crippen LogP contribution in [0.15, 0.2) is 22.0 Å². The summed E-state index contributed by atoms with van der Waals surface area (Å²) in [6.07, 6.45) is 2.18. The number of aromatic nitrogens is 2. The zero-order valence-corrected chi connectivity index (χ0v) is 13.8. The van der Waals surface area contributed by atoms with Crippen LogP contribution in [0.1, 0.15) is 0 Å². The Hall–Kier alpha value is -1.94. The average molecular weight is 386 g/mol. The monoisotopic (exact) mass is 385 g/mol. The molecular formula is C13H16BrN5O4. The predicted molar refractivity (Wildman–Crippen MR) is 84.7 cm³/mol. The molecule has 23 heavy (non-hydrogen) atoms. The first-order valence-corrected chi connectivity index (χ1v) is 7.91. The molecule has 0 aromatic carbocycles. The van der Waals surface area contributed by atoms with Crippen molar-refractivity contribution < 1.29 is 19.5 Å². The van der Waals surface area contributed by atoms with E-state index in [0.29, 0.717) is 38.7 Å². The van der Waals surface area contributed by atoms with E-state index in [-0.39, 0.29) is 12.7 Å². The van der Waals surface area contributed by atoms with Gasteiger partial charge in [-0.3, -0.25) is 0 Å². The lowest BCUT2D eigenvalue weighted by Gasteiger charge is -2.32. The minimum Gasteiger partial charge on any atom is -0.465 e. The van der Waals surface area contributed by atoms with Crippen molar-refractivity contribution in [1.29, 1.82) is 0 Å². The Balaban J connectivity index is 1.40. The number of carbonyl (C=O) groups is 1. The summed E-state index contributed by atoms with van der Waals surface area (Å²) in [6.45, 7) is 2.55. The number of hydrogen-bond acceptors (Lipinski definition) is 7. The molecule has 2 saturated heterocycles. The van der Waals surface area contributed by atoms with Crippen molar-refractivity contribution in [3.05, 3.63) is 16.9 Å². The van der Waals surface area contributed by atoms with Crippen LogP contribution in [0.25, 0.3) is 0 Å². The molecule has 2 fully saturated rings. The maximum atomic E-state index is 10.9. The maximum Gasteiger partial charge on any atom is 0.407 e. The molecule has 1 atom stereocenters. The number of carboxylic acid groups (broad SMARTS) is 1. The highest BCUT2D eigenvalue weighted by molar-refractivity contribution is 9.10. The molecule has 1 amide bonds. The largest absolute Gasteiger partial charge is 0.465 e. The van der Waals surface area contributed by atoms with Gasteiger partial charge in [0.2, 0.25) is 5.95 Å². The van der Waals surface area contributed by atoms with Gasteiger partial charge < -0.3 is 24.5 Å². The van der Waals surface area contributed by atoms with E-state index >= 15 is 0 Å². The second-order valence-electron chi connectivity index (χ2n) is 5.23. The fraction of sp³-hybridized carbons (Fsp3) is 0.538. The van der Waals surface area contributed by atoms with Crippen LogP contribution < -0.4 is 4.90 Å². The van der Waals surface area contributed by atoms with E-state index in [9.17, 15) is 4.79 Å². The third-order valence-electron chi connectivity index (χ3n) is 3.50. The van der Waals surface area contributed by atoms with E-state index in [1.54, 1.807) is 12.4 Å². The summed E-state index contributed by atoms with van der Waals surface area (Å²) in [5.41, 5.74) is 0.891. The Morgan fingerprint density at radius 3 is 2.91 bits per heavy atom. The zero-order chi connectivity index (χ0) is 16.2. The van der Waals surface area contributed by atoms with E-state index in [1.807, 2.05) is 4.90 Å². The maximum absolute atomic E-state index is 10.9. The van der Waals surface area contributed by atoms with Crippen LogP contribution in [0, 0.1) is 0 Å². The van der Waals surface area contributed by atoms with Crippen LogP contribution in [0.2, 0.25) is 0 Å². The quantitative estimate of drug-likeness (QED) is 0.765. The number of anilines is 1. The van der Waals surface area contributed by atoms with Gasteiger partial charge in [-0.1, -0.05) is 5.16 Å². The molecule has 3 heterocycles. The molecule has 10 heteroatoms. The minimum atomic E-state index is -0.936. The molecule has 1 unspecified atom stereocenters. The fourth-order valence-electron chi connectivity index (χ4n) is 2.27. The topological polar surface area (TPSA) is 100 Å². The van der Waals surface area contributed by atoms with Gasteiger partial charge in [0.05, 0.1) is 36.4 Å². The molecule has 3 rings (SSSR count). The number of hydrogen-bond donors (Lipinski definition) is 1. The number of ether oxygens (including phenoxy) is 1. The summed E-state index contributed by atoms with van der Waals surface area (Å²) in [6, 6.07) is 0. The lowest BCUT2D eigenvalue weighted by molar-refractivity contribution is -0.0624. The van der Waals surface area contributed by atoms with Gasteiger partial charge >= 0.3 is 6.09 Å². The molecule has 0 aliphatic carbocycles. The second kappa shape index (κ2) is 7.09. The van der Waals surface area contributed by atoms with Gasteiger partial charge in [0.25, 0.3) is 0 Å². The van der Waals surface area contributed by atoms with Crippen molar-refractivity contribution in [3.63, 3.8) is 0 Å². The smallest absolute Gasteiger partial charge is 0.407 e. The standard InChI is InChI=1S/C13H16BrN5O4/c14-9-3-15-12(16-4-9)19-5-10(6-19)17-23-8-11-7-18(13(20)21)1-2-22-11/h3-4,11H,1-2,5-8H2,(H,20,21). The molecular weight excluding hydrogens is 370 g/mol. The van der Waals surface area contributed by atoms with Crippen molar-refractivity contribution in [1.82, 2.24) is 14.9 Å². The highest BCUT2D eigenvalue weighted by Crippen LogP contribution is 2.16. The molecule has 1 N–H and O–H groups in total. The summed E-state index contributed by atoms with van der Waals surface area (Å²) < 4.78 is 6.29. The summed E-state index contributed by atoms with van der Waals surface area (Å²) in [4.78, 5) is 27.9. The molecule has 124 valence electrons. The number of amides is 1. The van der Waals surface area contributed by atoms with E-state index in [2.05, 4.69) is 31.1 Å². The van der Waals surface area contributed by atoms with Crippen molar-refractivity contribution in [2.75, 3.05) is 44.3 Å². The summed E-state index contributed by atoms with van der Waals surface area (Å²) in [7, 11) is 0. The third kappa shape index (κ3) is 4.08. The number of rotatable bonds is 4. The third-order valence-corrected chi connectivity index (χ3v) is 3.91. The lowest BCUT2D eigenvalue weighted by Crippen LogP contribution is -2.49.